The van der Waals surface area contributed by atoms with Crippen molar-refractivity contribution in [2.45, 2.75) is 6.92 Å². The fourth-order valence-corrected chi connectivity index (χ4v) is 1.00. The van der Waals surface area contributed by atoms with Crippen molar-refractivity contribution in [3.05, 3.63) is 22.7 Å². The Morgan fingerprint density at radius 1 is 1.77 bits per heavy atom. The number of nitrogens with two attached hydrogens (primary N) is 1. The molecule has 0 fully saturated rings. The monoisotopic (exact) mass is 204 g/mol. The first-order valence-corrected chi connectivity index (χ1v) is 3.68. The van der Waals surface area contributed by atoms with E-state index in [1.807, 2.05) is 0 Å². The summed E-state index contributed by atoms with van der Waals surface area (Å²) in [5.41, 5.74) is 5.14. The van der Waals surface area contributed by atoms with Crippen LogP contribution in [0, 0.1) is 12.7 Å². The zero-order chi connectivity index (χ0) is 10.0. The van der Waals surface area contributed by atoms with E-state index in [-0.39, 0.29) is 10.9 Å². The van der Waals surface area contributed by atoms with Crippen LogP contribution in [0.25, 0.3) is 0 Å². The van der Waals surface area contributed by atoms with Crippen LogP contribution in [0.4, 0.5) is 9.18 Å². The lowest BCUT2D eigenvalue weighted by molar-refractivity contribution is 0.208. The molecule has 1 amide bonds. The molecule has 0 aliphatic rings. The van der Waals surface area contributed by atoms with Gasteiger partial charge in [0.1, 0.15) is 0 Å². The van der Waals surface area contributed by atoms with Crippen molar-refractivity contribution in [3.8, 4) is 5.75 Å². The van der Waals surface area contributed by atoms with Gasteiger partial charge in [-0.2, -0.15) is 4.39 Å². The van der Waals surface area contributed by atoms with E-state index >= 15 is 0 Å². The van der Waals surface area contributed by atoms with Crippen molar-refractivity contribution >= 4 is 17.7 Å². The number of amides is 1. The standard InChI is InChI=1S/C7H6ClFN2O2/c1-3-2-4(13-7(10)12)5(9)6(8)11-3/h2H,1H3,(H2,10,12). The minimum absolute atomic E-state index is 0.315. The Morgan fingerprint density at radius 2 is 2.38 bits per heavy atom. The third kappa shape index (κ3) is 2.29. The van der Waals surface area contributed by atoms with Crippen LogP contribution in [0.5, 0.6) is 5.75 Å². The molecule has 0 spiro atoms. The third-order valence-corrected chi connectivity index (χ3v) is 1.47. The smallest absolute Gasteiger partial charge is 0.407 e. The number of nitrogens with zero attached hydrogens (tertiary/aromatic N) is 1. The fourth-order valence-electron chi connectivity index (χ4n) is 0.774. The molecule has 1 heterocycles. The molecule has 2 N–H and O–H groups in total. The van der Waals surface area contributed by atoms with Crippen LogP contribution >= 0.6 is 11.6 Å². The average molecular weight is 205 g/mol. The van der Waals surface area contributed by atoms with E-state index < -0.39 is 11.9 Å². The van der Waals surface area contributed by atoms with Gasteiger partial charge in [-0.1, -0.05) is 11.6 Å². The molecule has 70 valence electrons. The number of pyridine rings is 1. The summed E-state index contributed by atoms with van der Waals surface area (Å²) >= 11 is 5.38. The van der Waals surface area contributed by atoms with Gasteiger partial charge in [0.2, 0.25) is 5.82 Å². The topological polar surface area (TPSA) is 65.2 Å². The summed E-state index contributed by atoms with van der Waals surface area (Å²) in [6.07, 6.45) is -1.10. The van der Waals surface area contributed by atoms with Crippen LogP contribution in [0.3, 0.4) is 0 Å². The minimum Gasteiger partial charge on any atom is -0.407 e. The first-order chi connectivity index (χ1) is 6.00. The molecule has 1 rings (SSSR count). The van der Waals surface area contributed by atoms with Gasteiger partial charge < -0.3 is 10.5 Å². The third-order valence-electron chi connectivity index (χ3n) is 1.22. The Hall–Kier alpha value is -1.36. The van der Waals surface area contributed by atoms with Crippen molar-refractivity contribution in [2.24, 2.45) is 5.73 Å². The van der Waals surface area contributed by atoms with Gasteiger partial charge in [0.15, 0.2) is 10.9 Å². The normalized spacial score (nSPS) is 9.77. The summed E-state index contributed by atoms with van der Waals surface area (Å²) in [5.74, 6) is -1.21. The summed E-state index contributed by atoms with van der Waals surface area (Å²) in [5, 5.41) is -0.351. The van der Waals surface area contributed by atoms with Gasteiger partial charge >= 0.3 is 6.09 Å². The van der Waals surface area contributed by atoms with E-state index in [2.05, 4.69) is 9.72 Å². The van der Waals surface area contributed by atoms with E-state index in [1.54, 1.807) is 6.92 Å². The molecule has 0 unspecified atom stereocenters. The maximum atomic E-state index is 13.0. The molecular formula is C7H6ClFN2O2. The molecule has 0 aliphatic heterocycles. The van der Waals surface area contributed by atoms with Crippen LogP contribution in [0.1, 0.15) is 5.69 Å². The van der Waals surface area contributed by atoms with E-state index in [1.165, 1.54) is 6.07 Å². The van der Waals surface area contributed by atoms with Gasteiger partial charge in [-0.15, -0.1) is 0 Å². The Balaban J connectivity index is 3.12. The molecule has 1 aromatic rings. The lowest BCUT2D eigenvalue weighted by atomic mass is 10.3. The summed E-state index contributed by atoms with van der Waals surface area (Å²) in [7, 11) is 0. The van der Waals surface area contributed by atoms with Crippen LogP contribution in [0.15, 0.2) is 6.07 Å². The number of rotatable bonds is 1. The second-order valence-corrected chi connectivity index (χ2v) is 2.65. The second kappa shape index (κ2) is 3.57. The van der Waals surface area contributed by atoms with Crippen molar-refractivity contribution in [2.75, 3.05) is 0 Å². The molecular weight excluding hydrogens is 199 g/mol. The highest BCUT2D eigenvalue weighted by Crippen LogP contribution is 2.23. The van der Waals surface area contributed by atoms with E-state index in [0.29, 0.717) is 5.69 Å². The van der Waals surface area contributed by atoms with Gasteiger partial charge in [0.05, 0.1) is 0 Å². The predicted molar refractivity (Wildman–Crippen MR) is 44.2 cm³/mol. The van der Waals surface area contributed by atoms with E-state index in [9.17, 15) is 9.18 Å². The minimum atomic E-state index is -1.10. The number of hydrogen-bond donors (Lipinski definition) is 1. The molecule has 0 saturated heterocycles. The number of carbonyl (C=O) groups excluding carboxylic acids is 1. The molecule has 6 heteroatoms. The highest BCUT2D eigenvalue weighted by atomic mass is 35.5. The maximum Gasteiger partial charge on any atom is 0.410 e. The quantitative estimate of drug-likeness (QED) is 0.708. The maximum absolute atomic E-state index is 13.0. The average Bonchev–Trinajstić information content (AvgIpc) is 1.98. The Bertz CT molecular complexity index is 357. The summed E-state index contributed by atoms with van der Waals surface area (Å²) in [4.78, 5) is 13.9. The van der Waals surface area contributed by atoms with Crippen LogP contribution in [0.2, 0.25) is 5.15 Å². The van der Waals surface area contributed by atoms with Gasteiger partial charge in [-0.3, -0.25) is 0 Å². The first-order valence-electron chi connectivity index (χ1n) is 3.30. The van der Waals surface area contributed by atoms with Crippen molar-refractivity contribution in [1.29, 1.82) is 0 Å². The molecule has 4 nitrogen and oxygen atoms in total. The number of halogens is 2. The van der Waals surface area contributed by atoms with Gasteiger partial charge in [-0.25, -0.2) is 9.78 Å². The van der Waals surface area contributed by atoms with Crippen LogP contribution in [-0.4, -0.2) is 11.1 Å². The number of aromatic nitrogens is 1. The molecule has 13 heavy (non-hydrogen) atoms. The van der Waals surface area contributed by atoms with E-state index in [0.717, 1.165) is 0 Å². The first kappa shape index (κ1) is 9.73. The second-order valence-electron chi connectivity index (χ2n) is 2.29. The molecule has 0 aromatic carbocycles. The zero-order valence-electron chi connectivity index (χ0n) is 6.67. The highest BCUT2D eigenvalue weighted by molar-refractivity contribution is 6.29. The number of primary amides is 1. The van der Waals surface area contributed by atoms with E-state index in [4.69, 9.17) is 17.3 Å². The number of ether oxygens (including phenoxy) is 1. The van der Waals surface area contributed by atoms with Gasteiger partial charge in [0, 0.05) is 11.8 Å². The summed E-state index contributed by atoms with van der Waals surface area (Å²) in [6.45, 7) is 1.58. The Kier molecular flexibility index (Phi) is 2.67. The van der Waals surface area contributed by atoms with Gasteiger partial charge in [-0.05, 0) is 6.92 Å². The van der Waals surface area contributed by atoms with Crippen LogP contribution in [-0.2, 0) is 0 Å². The molecule has 0 bridgehead atoms. The summed E-state index contributed by atoms with van der Waals surface area (Å²) in [6, 6.07) is 1.23. The Morgan fingerprint density at radius 3 is 2.92 bits per heavy atom. The van der Waals surface area contributed by atoms with Crippen molar-refractivity contribution < 1.29 is 13.9 Å². The van der Waals surface area contributed by atoms with Crippen LogP contribution < -0.4 is 10.5 Å². The fraction of sp³-hybridized carbons (Fsp3) is 0.143. The molecule has 0 atom stereocenters. The van der Waals surface area contributed by atoms with Gasteiger partial charge in [0.25, 0.3) is 0 Å². The van der Waals surface area contributed by atoms with Crippen molar-refractivity contribution in [1.82, 2.24) is 4.98 Å². The Labute approximate surface area is 78.5 Å². The number of carbonyl (C=O) groups is 1. The summed E-state index contributed by atoms with van der Waals surface area (Å²) < 4.78 is 17.4. The largest absolute Gasteiger partial charge is 0.410 e. The lowest BCUT2D eigenvalue weighted by Gasteiger charge is -2.03. The highest BCUT2D eigenvalue weighted by Gasteiger charge is 2.12. The molecule has 1 aromatic heterocycles. The predicted octanol–water partition coefficient (Wildman–Crippen LogP) is 1.64. The molecule has 0 saturated carbocycles. The SMILES string of the molecule is Cc1cc(OC(N)=O)c(F)c(Cl)n1. The number of hydrogen-bond acceptors (Lipinski definition) is 3. The molecule has 0 radical (unpaired) electrons. The molecule has 0 aliphatic carbocycles. The lowest BCUT2D eigenvalue weighted by Crippen LogP contribution is -2.17. The zero-order valence-corrected chi connectivity index (χ0v) is 7.43. The number of aryl methyl sites for hydroxylation is 1. The van der Waals surface area contributed by atoms with Crippen molar-refractivity contribution in [3.63, 3.8) is 0 Å².